The molecule has 0 aliphatic carbocycles. The van der Waals surface area contributed by atoms with Crippen LogP contribution in [0.15, 0.2) is 0 Å². The Hall–Kier alpha value is -0.880. The van der Waals surface area contributed by atoms with Gasteiger partial charge in [0.15, 0.2) is 0 Å². The molecule has 0 aromatic rings. The molecule has 0 fully saturated rings. The van der Waals surface area contributed by atoms with E-state index in [2.05, 4.69) is 24.7 Å². The summed E-state index contributed by atoms with van der Waals surface area (Å²) in [6.07, 6.45) is 9.90. The van der Waals surface area contributed by atoms with Gasteiger partial charge >= 0.3 is 0 Å². The van der Waals surface area contributed by atoms with Gasteiger partial charge in [-0.2, -0.15) is 0 Å². The Morgan fingerprint density at radius 1 is 1.33 bits per heavy atom. The van der Waals surface area contributed by atoms with Crippen molar-refractivity contribution in [3.05, 3.63) is 13.3 Å². The average Bonchev–Trinajstić information content (AvgIpc) is 1.89. The lowest BCUT2D eigenvalue weighted by Crippen LogP contribution is -1.66. The maximum absolute atomic E-state index is 6.52. The van der Waals surface area contributed by atoms with Gasteiger partial charge in [0, 0.05) is 6.42 Å². The second-order valence-corrected chi connectivity index (χ2v) is 1.66. The van der Waals surface area contributed by atoms with Gasteiger partial charge in [-0.25, -0.2) is 0 Å². The minimum atomic E-state index is 0.469. The molecule has 0 aliphatic heterocycles. The van der Waals surface area contributed by atoms with Crippen molar-refractivity contribution in [3.8, 4) is 17.8 Å². The molecule has 0 aromatic carbocycles. The van der Waals surface area contributed by atoms with E-state index in [0.29, 0.717) is 6.42 Å². The highest BCUT2D eigenvalue weighted by atomic mass is 13.8. The first-order chi connectivity index (χ1) is 4.41. The smallest absolute Gasteiger partial charge is 0.0712 e. The van der Waals surface area contributed by atoms with E-state index >= 15 is 0 Å². The molecular weight excluding hydrogens is 108 g/mol. The van der Waals surface area contributed by atoms with E-state index in [0.717, 1.165) is 19.3 Å². The van der Waals surface area contributed by atoms with Crippen molar-refractivity contribution in [2.45, 2.75) is 25.7 Å². The highest BCUT2D eigenvalue weighted by Crippen LogP contribution is 1.89. The summed E-state index contributed by atoms with van der Waals surface area (Å²) in [6, 6.07) is 0. The fraction of sp³-hybridized carbons (Fsp3) is 0.444. The normalized spacial score (nSPS) is 7.11. The topological polar surface area (TPSA) is 0 Å². The second-order valence-electron chi connectivity index (χ2n) is 1.66. The van der Waals surface area contributed by atoms with Gasteiger partial charge in [-0.15, -0.1) is 5.92 Å². The Kier molecular flexibility index (Phi) is 6.42. The second kappa shape index (κ2) is 7.12. The number of unbranched alkanes of at least 4 members (excludes halogenated alkanes) is 2. The van der Waals surface area contributed by atoms with Gasteiger partial charge in [-0.1, -0.05) is 25.2 Å². The molecule has 0 amide bonds. The van der Waals surface area contributed by atoms with Crippen molar-refractivity contribution in [1.82, 2.24) is 0 Å². The maximum Gasteiger partial charge on any atom is 0.0712 e. The predicted octanol–water partition coefficient (Wildman–Crippen LogP) is 1.97. The van der Waals surface area contributed by atoms with Crippen LogP contribution >= 0.6 is 0 Å². The van der Waals surface area contributed by atoms with Crippen LogP contribution in [0.4, 0.5) is 0 Å². The van der Waals surface area contributed by atoms with Crippen LogP contribution in [0, 0.1) is 31.1 Å². The van der Waals surface area contributed by atoms with Gasteiger partial charge in [-0.05, 0) is 12.8 Å². The monoisotopic (exact) mass is 118 g/mol. The number of hydrogen-bond donors (Lipinski definition) is 0. The van der Waals surface area contributed by atoms with E-state index < -0.39 is 0 Å². The summed E-state index contributed by atoms with van der Waals surface area (Å²) in [5.41, 5.74) is 0. The molecule has 0 saturated heterocycles. The van der Waals surface area contributed by atoms with Crippen LogP contribution in [-0.2, 0) is 0 Å². The van der Waals surface area contributed by atoms with Gasteiger partial charge in [0.05, 0.1) is 6.42 Å². The zero-order chi connectivity index (χ0) is 6.95. The first-order valence-corrected chi connectivity index (χ1v) is 3.06. The predicted molar refractivity (Wildman–Crippen MR) is 38.7 cm³/mol. The van der Waals surface area contributed by atoms with E-state index in [1.165, 1.54) is 0 Å². The summed E-state index contributed by atoms with van der Waals surface area (Å²) < 4.78 is 0. The van der Waals surface area contributed by atoms with Crippen LogP contribution in [-0.4, -0.2) is 0 Å². The van der Waals surface area contributed by atoms with Gasteiger partial charge in [0.25, 0.3) is 0 Å². The molecule has 46 valence electrons. The molecule has 0 heteroatoms. The summed E-state index contributed by atoms with van der Waals surface area (Å²) >= 11 is 0. The number of rotatable bonds is 2. The zero-order valence-corrected chi connectivity index (χ0v) is 5.54. The summed E-state index contributed by atoms with van der Waals surface area (Å²) in [6.45, 7) is 3.68. The van der Waals surface area contributed by atoms with Crippen molar-refractivity contribution >= 4 is 0 Å². The highest BCUT2D eigenvalue weighted by molar-refractivity contribution is 5.05. The van der Waals surface area contributed by atoms with Crippen molar-refractivity contribution < 1.29 is 0 Å². The summed E-state index contributed by atoms with van der Waals surface area (Å²) in [7, 11) is 0. The van der Waals surface area contributed by atoms with Gasteiger partial charge in [-0.3, -0.25) is 0 Å². The molecule has 0 saturated carbocycles. The van der Waals surface area contributed by atoms with Gasteiger partial charge < -0.3 is 0 Å². The van der Waals surface area contributed by atoms with E-state index in [-0.39, 0.29) is 0 Å². The third-order valence-electron chi connectivity index (χ3n) is 0.854. The minimum absolute atomic E-state index is 0.469. The molecule has 0 aromatic heterocycles. The summed E-state index contributed by atoms with van der Waals surface area (Å²) in [4.78, 5) is 0. The average molecular weight is 118 g/mol. The molecule has 0 rings (SSSR count). The maximum atomic E-state index is 6.52. The van der Waals surface area contributed by atoms with Crippen LogP contribution in [0.3, 0.4) is 0 Å². The lowest BCUT2D eigenvalue weighted by Gasteiger charge is -1.81. The van der Waals surface area contributed by atoms with Crippen LogP contribution in [0.1, 0.15) is 25.7 Å². The van der Waals surface area contributed by atoms with Gasteiger partial charge in [0.1, 0.15) is 0 Å². The van der Waals surface area contributed by atoms with Gasteiger partial charge in [0.2, 0.25) is 0 Å². The van der Waals surface area contributed by atoms with Crippen molar-refractivity contribution in [2.24, 2.45) is 0 Å². The minimum Gasteiger partial charge on any atom is -0.102 e. The highest BCUT2D eigenvalue weighted by Gasteiger charge is 1.74. The van der Waals surface area contributed by atoms with Crippen LogP contribution in [0.25, 0.3) is 0 Å². The number of hydrogen-bond acceptors (Lipinski definition) is 0. The zero-order valence-electron chi connectivity index (χ0n) is 5.54. The summed E-state index contributed by atoms with van der Waals surface area (Å²) in [5.74, 6) is 7.91. The van der Waals surface area contributed by atoms with Crippen LogP contribution < -0.4 is 0 Å². The third kappa shape index (κ3) is 7.12. The van der Waals surface area contributed by atoms with E-state index in [1.807, 2.05) is 0 Å². The van der Waals surface area contributed by atoms with Crippen LogP contribution in [0.2, 0.25) is 0 Å². The molecule has 0 unspecified atom stereocenters. The van der Waals surface area contributed by atoms with E-state index in [1.54, 1.807) is 0 Å². The molecule has 0 spiro atoms. The molecule has 0 heterocycles. The van der Waals surface area contributed by atoms with Crippen molar-refractivity contribution in [2.75, 3.05) is 0 Å². The van der Waals surface area contributed by atoms with Crippen LogP contribution in [0.5, 0.6) is 0 Å². The Morgan fingerprint density at radius 3 is 2.67 bits per heavy atom. The van der Waals surface area contributed by atoms with Crippen molar-refractivity contribution in [1.29, 1.82) is 0 Å². The lowest BCUT2D eigenvalue weighted by atomic mass is 10.2. The Labute approximate surface area is 57.7 Å². The van der Waals surface area contributed by atoms with Crippen molar-refractivity contribution in [3.63, 3.8) is 0 Å². The Morgan fingerprint density at radius 2 is 2.11 bits per heavy atom. The SMILES string of the molecule is [C]#CCC#CCCC[CH2]. The third-order valence-corrected chi connectivity index (χ3v) is 0.854. The molecule has 0 bridgehead atoms. The standard InChI is InChI=1S/C9H10/c1-3-5-7-9-8-6-4-2/h1,3,5-7H2. The molecule has 0 aliphatic rings. The first kappa shape index (κ1) is 8.12. The van der Waals surface area contributed by atoms with E-state index in [9.17, 15) is 0 Å². The first-order valence-electron chi connectivity index (χ1n) is 3.06. The fourth-order valence-corrected chi connectivity index (χ4v) is 0.408. The summed E-state index contributed by atoms with van der Waals surface area (Å²) in [5, 5.41) is 0. The molecule has 2 radical (unpaired) electrons. The Balaban J connectivity index is 3.08. The molecule has 9 heavy (non-hydrogen) atoms. The Bertz CT molecular complexity index is 138. The largest absolute Gasteiger partial charge is 0.102 e. The molecule has 0 nitrogen and oxygen atoms in total. The molecule has 0 N–H and O–H groups in total. The molecule has 0 atom stereocenters. The van der Waals surface area contributed by atoms with E-state index in [4.69, 9.17) is 6.42 Å². The quantitative estimate of drug-likeness (QED) is 0.384. The fourth-order valence-electron chi connectivity index (χ4n) is 0.408. The lowest BCUT2D eigenvalue weighted by molar-refractivity contribution is 0.882. The molecular formula is C9H10.